The topological polar surface area (TPSA) is 38.4 Å². The summed E-state index contributed by atoms with van der Waals surface area (Å²) in [5.74, 6) is 0.833. The van der Waals surface area contributed by atoms with Crippen LogP contribution < -0.4 is 5.73 Å². The van der Waals surface area contributed by atoms with Crippen molar-refractivity contribution in [3.8, 4) is 0 Å². The molecule has 0 amide bonds. The molecule has 2 heteroatoms. The number of fused-ring (bicyclic) bond motifs is 1. The summed E-state index contributed by atoms with van der Waals surface area (Å²) in [7, 11) is 0. The summed E-state index contributed by atoms with van der Waals surface area (Å²) in [5, 5.41) is 0. The van der Waals surface area contributed by atoms with Gasteiger partial charge in [-0.1, -0.05) is 37.6 Å². The van der Waals surface area contributed by atoms with E-state index >= 15 is 0 Å². The maximum Gasteiger partial charge on any atom is 0.0940 e. The molecular weight excluding hydrogens is 196 g/mol. The van der Waals surface area contributed by atoms with Crippen LogP contribution in [0.4, 0.5) is 0 Å². The summed E-state index contributed by atoms with van der Waals surface area (Å²) >= 11 is 0. The van der Waals surface area contributed by atoms with Crippen LogP contribution in [0.25, 0.3) is 0 Å². The van der Waals surface area contributed by atoms with Crippen LogP contribution in [0.1, 0.15) is 37.3 Å². The summed E-state index contributed by atoms with van der Waals surface area (Å²) in [6, 6.07) is 8.99. The number of aliphatic imine (C=N–C) groups is 1. The summed E-state index contributed by atoms with van der Waals surface area (Å²) in [4.78, 5) is 4.62. The first-order valence-electron chi connectivity index (χ1n) is 6.18. The lowest BCUT2D eigenvalue weighted by molar-refractivity contribution is 0.713. The molecule has 0 radical (unpaired) electrons. The first-order chi connectivity index (χ1) is 7.79. The van der Waals surface area contributed by atoms with E-state index in [2.05, 4.69) is 36.2 Å². The van der Waals surface area contributed by atoms with Crippen LogP contribution in [0, 0.1) is 0 Å². The maximum atomic E-state index is 5.92. The quantitative estimate of drug-likeness (QED) is 0.610. The van der Waals surface area contributed by atoms with Crippen LogP contribution in [0.2, 0.25) is 0 Å². The van der Waals surface area contributed by atoms with Gasteiger partial charge in [0.05, 0.1) is 11.9 Å². The van der Waals surface area contributed by atoms with Crippen molar-refractivity contribution in [3.63, 3.8) is 0 Å². The predicted molar refractivity (Wildman–Crippen MR) is 68.8 cm³/mol. The first-order valence-corrected chi connectivity index (χ1v) is 6.18. The van der Waals surface area contributed by atoms with Gasteiger partial charge in [-0.2, -0.15) is 0 Å². The molecule has 1 aromatic rings. The maximum absolute atomic E-state index is 5.92. The van der Waals surface area contributed by atoms with Gasteiger partial charge in [-0.15, -0.1) is 0 Å². The van der Waals surface area contributed by atoms with Crippen LogP contribution in [0.5, 0.6) is 0 Å². The van der Waals surface area contributed by atoms with Crippen molar-refractivity contribution in [3.05, 3.63) is 35.4 Å². The number of rotatable bonds is 4. The lowest BCUT2D eigenvalue weighted by atomic mass is 10.1. The van der Waals surface area contributed by atoms with Gasteiger partial charge in [0.2, 0.25) is 0 Å². The Morgan fingerprint density at radius 1 is 1.31 bits per heavy atom. The normalized spacial score (nSPS) is 16.4. The number of benzene rings is 1. The largest absolute Gasteiger partial charge is 0.387 e. The number of unbranched alkanes of at least 4 members (excludes halogenated alkanes) is 1. The highest BCUT2D eigenvalue weighted by Crippen LogP contribution is 2.23. The van der Waals surface area contributed by atoms with Crippen LogP contribution in [0.3, 0.4) is 0 Å². The number of amidine groups is 1. The lowest BCUT2D eigenvalue weighted by Crippen LogP contribution is -2.16. The monoisotopic (exact) mass is 216 g/mol. The molecule has 2 rings (SSSR count). The Morgan fingerprint density at radius 3 is 2.50 bits per heavy atom. The molecule has 1 aliphatic carbocycles. The highest BCUT2D eigenvalue weighted by Gasteiger charge is 2.19. The molecule has 0 saturated heterocycles. The minimum Gasteiger partial charge on any atom is -0.387 e. The molecule has 2 N–H and O–H groups in total. The molecule has 0 atom stereocenters. The van der Waals surface area contributed by atoms with Crippen molar-refractivity contribution >= 4 is 5.84 Å². The van der Waals surface area contributed by atoms with E-state index < -0.39 is 0 Å². The van der Waals surface area contributed by atoms with Gasteiger partial charge in [0.1, 0.15) is 0 Å². The molecule has 0 unspecified atom stereocenters. The summed E-state index contributed by atoms with van der Waals surface area (Å²) in [5.41, 5.74) is 8.81. The van der Waals surface area contributed by atoms with Gasteiger partial charge in [0.15, 0.2) is 0 Å². The van der Waals surface area contributed by atoms with Crippen molar-refractivity contribution in [2.24, 2.45) is 10.7 Å². The molecular formula is C14H20N2. The molecule has 86 valence electrons. The third-order valence-corrected chi connectivity index (χ3v) is 3.16. The van der Waals surface area contributed by atoms with E-state index in [1.54, 1.807) is 0 Å². The zero-order chi connectivity index (χ0) is 11.4. The molecule has 16 heavy (non-hydrogen) atoms. The predicted octanol–water partition coefficient (Wildman–Crippen LogP) is 2.70. The Kier molecular flexibility index (Phi) is 3.60. The average Bonchev–Trinajstić information content (AvgIpc) is 2.68. The second-order valence-electron chi connectivity index (χ2n) is 4.55. The molecule has 0 spiro atoms. The third kappa shape index (κ3) is 2.63. The molecule has 0 saturated carbocycles. The van der Waals surface area contributed by atoms with Crippen molar-refractivity contribution in [1.29, 1.82) is 0 Å². The van der Waals surface area contributed by atoms with Crippen LogP contribution in [-0.4, -0.2) is 11.9 Å². The van der Waals surface area contributed by atoms with E-state index in [0.717, 1.165) is 31.5 Å². The van der Waals surface area contributed by atoms with E-state index in [9.17, 15) is 0 Å². The highest BCUT2D eigenvalue weighted by molar-refractivity contribution is 5.80. The molecule has 1 aliphatic rings. The SMILES string of the molecule is CCCCC(N)=NC1Cc2ccccc2C1. The lowest BCUT2D eigenvalue weighted by Gasteiger charge is -2.05. The van der Waals surface area contributed by atoms with E-state index in [0.29, 0.717) is 6.04 Å². The molecule has 0 fully saturated rings. The molecule has 0 bridgehead atoms. The van der Waals surface area contributed by atoms with Gasteiger partial charge in [0.25, 0.3) is 0 Å². The van der Waals surface area contributed by atoms with Gasteiger partial charge in [-0.3, -0.25) is 4.99 Å². The van der Waals surface area contributed by atoms with Crippen LogP contribution in [-0.2, 0) is 12.8 Å². The minimum absolute atomic E-state index is 0.384. The van der Waals surface area contributed by atoms with Gasteiger partial charge < -0.3 is 5.73 Å². The van der Waals surface area contributed by atoms with Gasteiger partial charge in [0, 0.05) is 6.42 Å². The molecule has 0 aromatic heterocycles. The van der Waals surface area contributed by atoms with E-state index in [4.69, 9.17) is 5.73 Å². The highest BCUT2D eigenvalue weighted by atomic mass is 14.9. The van der Waals surface area contributed by atoms with Crippen molar-refractivity contribution < 1.29 is 0 Å². The standard InChI is InChI=1S/C14H20N2/c1-2-3-8-14(15)16-13-9-11-6-4-5-7-12(11)10-13/h4-7,13H,2-3,8-10H2,1H3,(H2,15,16). The summed E-state index contributed by atoms with van der Waals surface area (Å²) in [6.07, 6.45) is 5.39. The zero-order valence-electron chi connectivity index (χ0n) is 9.95. The third-order valence-electron chi connectivity index (χ3n) is 3.16. The molecule has 2 nitrogen and oxygen atoms in total. The van der Waals surface area contributed by atoms with Crippen molar-refractivity contribution in [1.82, 2.24) is 0 Å². The van der Waals surface area contributed by atoms with Gasteiger partial charge in [-0.05, 0) is 30.4 Å². The fourth-order valence-electron chi connectivity index (χ4n) is 2.28. The number of hydrogen-bond acceptors (Lipinski definition) is 1. The fraction of sp³-hybridized carbons (Fsp3) is 0.500. The van der Waals surface area contributed by atoms with Crippen LogP contribution in [0.15, 0.2) is 29.3 Å². The minimum atomic E-state index is 0.384. The van der Waals surface area contributed by atoms with E-state index in [-0.39, 0.29) is 0 Å². The van der Waals surface area contributed by atoms with E-state index in [1.165, 1.54) is 17.5 Å². The Bertz CT molecular complexity index is 357. The van der Waals surface area contributed by atoms with Crippen molar-refractivity contribution in [2.75, 3.05) is 0 Å². The van der Waals surface area contributed by atoms with Gasteiger partial charge in [-0.25, -0.2) is 0 Å². The Morgan fingerprint density at radius 2 is 1.94 bits per heavy atom. The fourth-order valence-corrected chi connectivity index (χ4v) is 2.28. The summed E-state index contributed by atoms with van der Waals surface area (Å²) < 4.78 is 0. The Balaban J connectivity index is 1.96. The second kappa shape index (κ2) is 5.15. The zero-order valence-corrected chi connectivity index (χ0v) is 9.95. The van der Waals surface area contributed by atoms with Gasteiger partial charge >= 0.3 is 0 Å². The molecule has 0 heterocycles. The number of nitrogens with zero attached hydrogens (tertiary/aromatic N) is 1. The Hall–Kier alpha value is -1.31. The second-order valence-corrected chi connectivity index (χ2v) is 4.55. The van der Waals surface area contributed by atoms with Crippen LogP contribution >= 0.6 is 0 Å². The average molecular weight is 216 g/mol. The van der Waals surface area contributed by atoms with Crippen molar-refractivity contribution in [2.45, 2.75) is 45.1 Å². The number of hydrogen-bond donors (Lipinski definition) is 1. The number of nitrogens with two attached hydrogens (primary N) is 1. The van der Waals surface area contributed by atoms with E-state index in [1.807, 2.05) is 0 Å². The first kappa shape index (κ1) is 11.2. The smallest absolute Gasteiger partial charge is 0.0940 e. The Labute approximate surface area is 97.6 Å². The molecule has 1 aromatic carbocycles. The molecule has 0 aliphatic heterocycles. The summed E-state index contributed by atoms with van der Waals surface area (Å²) in [6.45, 7) is 2.18.